The molecular formula is C21H22ClN3O5. The van der Waals surface area contributed by atoms with Crippen LogP contribution in [0.3, 0.4) is 0 Å². The largest absolute Gasteiger partial charge is 0.497 e. The summed E-state index contributed by atoms with van der Waals surface area (Å²) in [6.07, 6.45) is 0. The monoisotopic (exact) mass is 431 g/mol. The van der Waals surface area contributed by atoms with E-state index in [9.17, 15) is 4.79 Å². The Labute approximate surface area is 179 Å². The van der Waals surface area contributed by atoms with Crippen LogP contribution in [0.4, 0.5) is 0 Å². The van der Waals surface area contributed by atoms with E-state index in [0.29, 0.717) is 39.5 Å². The number of benzene rings is 2. The molecule has 1 heterocycles. The molecule has 9 heteroatoms. The van der Waals surface area contributed by atoms with Gasteiger partial charge in [0.15, 0.2) is 6.61 Å². The minimum Gasteiger partial charge on any atom is -0.497 e. The second-order valence-corrected chi connectivity index (χ2v) is 6.93. The molecule has 0 aliphatic heterocycles. The van der Waals surface area contributed by atoms with Gasteiger partial charge in [0.2, 0.25) is 11.7 Å². The zero-order chi connectivity index (χ0) is 21.7. The minimum absolute atomic E-state index is 0.120. The van der Waals surface area contributed by atoms with Gasteiger partial charge in [0.05, 0.1) is 26.3 Å². The fraction of sp³-hybridized carbons (Fsp3) is 0.286. The molecule has 3 aromatic rings. The summed E-state index contributed by atoms with van der Waals surface area (Å²) in [5, 5.41) is 4.63. The Balaban J connectivity index is 1.62. The Hall–Kier alpha value is -3.26. The third-order valence-electron chi connectivity index (χ3n) is 4.41. The molecule has 0 radical (unpaired) electrons. The average Bonchev–Trinajstić information content (AvgIpc) is 3.21. The van der Waals surface area contributed by atoms with Gasteiger partial charge in [-0.05, 0) is 42.8 Å². The van der Waals surface area contributed by atoms with Gasteiger partial charge >= 0.3 is 0 Å². The Bertz CT molecular complexity index is 1040. The molecule has 158 valence electrons. The summed E-state index contributed by atoms with van der Waals surface area (Å²) in [7, 11) is 4.76. The Kier molecular flexibility index (Phi) is 6.79. The maximum Gasteiger partial charge on any atom is 0.260 e. The van der Waals surface area contributed by atoms with E-state index in [0.717, 1.165) is 5.56 Å². The molecule has 1 aromatic heterocycles. The number of amides is 1. The number of likely N-dealkylation sites (N-methyl/N-ethyl adjacent to an activating group) is 1. The lowest BCUT2D eigenvalue weighted by Crippen LogP contribution is -2.31. The van der Waals surface area contributed by atoms with Crippen LogP contribution in [-0.4, -0.2) is 48.8 Å². The fourth-order valence-electron chi connectivity index (χ4n) is 2.67. The summed E-state index contributed by atoms with van der Waals surface area (Å²) in [6.45, 7) is 1.90. The van der Waals surface area contributed by atoms with Crippen LogP contribution in [0.15, 0.2) is 40.9 Å². The summed E-state index contributed by atoms with van der Waals surface area (Å²) in [5.41, 5.74) is 1.53. The highest BCUT2D eigenvalue weighted by atomic mass is 35.5. The summed E-state index contributed by atoms with van der Waals surface area (Å²) in [5.74, 6) is 2.20. The first-order chi connectivity index (χ1) is 14.4. The lowest BCUT2D eigenvalue weighted by molar-refractivity contribution is -0.132. The van der Waals surface area contributed by atoms with Crippen molar-refractivity contribution in [1.82, 2.24) is 15.0 Å². The van der Waals surface area contributed by atoms with Crippen LogP contribution in [0.1, 0.15) is 11.5 Å². The van der Waals surface area contributed by atoms with Gasteiger partial charge in [-0.15, -0.1) is 0 Å². The number of aryl methyl sites for hydroxylation is 1. The maximum absolute atomic E-state index is 12.4. The highest BCUT2D eigenvalue weighted by Crippen LogP contribution is 2.31. The van der Waals surface area contributed by atoms with Crippen molar-refractivity contribution in [3.8, 4) is 28.6 Å². The predicted octanol–water partition coefficient (Wildman–Crippen LogP) is 3.75. The summed E-state index contributed by atoms with van der Waals surface area (Å²) in [6, 6.07) is 10.5. The van der Waals surface area contributed by atoms with Crippen molar-refractivity contribution in [1.29, 1.82) is 0 Å². The van der Waals surface area contributed by atoms with E-state index in [1.807, 2.05) is 6.92 Å². The zero-order valence-corrected chi connectivity index (χ0v) is 17.9. The molecule has 0 bridgehead atoms. The van der Waals surface area contributed by atoms with Crippen molar-refractivity contribution in [2.24, 2.45) is 0 Å². The molecule has 0 N–H and O–H groups in total. The topological polar surface area (TPSA) is 86.9 Å². The molecule has 0 spiro atoms. The second-order valence-electron chi connectivity index (χ2n) is 6.53. The normalized spacial score (nSPS) is 10.6. The highest BCUT2D eigenvalue weighted by Gasteiger charge is 2.18. The van der Waals surface area contributed by atoms with E-state index in [2.05, 4.69) is 10.1 Å². The van der Waals surface area contributed by atoms with Gasteiger partial charge in [0.1, 0.15) is 17.2 Å². The first kappa shape index (κ1) is 21.4. The average molecular weight is 432 g/mol. The van der Waals surface area contributed by atoms with Gasteiger partial charge < -0.3 is 23.6 Å². The highest BCUT2D eigenvalue weighted by molar-refractivity contribution is 6.31. The molecule has 0 aliphatic carbocycles. The van der Waals surface area contributed by atoms with Crippen molar-refractivity contribution in [2.45, 2.75) is 13.5 Å². The van der Waals surface area contributed by atoms with Gasteiger partial charge in [-0.1, -0.05) is 16.8 Å². The number of nitrogens with zero attached hydrogens (tertiary/aromatic N) is 3. The van der Waals surface area contributed by atoms with Crippen LogP contribution in [0.5, 0.6) is 17.2 Å². The van der Waals surface area contributed by atoms with E-state index >= 15 is 0 Å². The molecule has 1 amide bonds. The second kappa shape index (κ2) is 9.49. The first-order valence-electron chi connectivity index (χ1n) is 9.09. The molecule has 8 nitrogen and oxygen atoms in total. The van der Waals surface area contributed by atoms with Gasteiger partial charge in [-0.2, -0.15) is 4.98 Å². The Morgan fingerprint density at radius 1 is 1.13 bits per heavy atom. The number of carbonyl (C=O) groups is 1. The SMILES string of the molecule is COc1ccc(-c2noc(CN(C)C(=O)COc3ccc(Cl)c(C)c3)n2)c(OC)c1. The molecule has 0 saturated carbocycles. The molecule has 2 aromatic carbocycles. The van der Waals surface area contributed by atoms with Gasteiger partial charge in [0.25, 0.3) is 5.91 Å². The zero-order valence-electron chi connectivity index (χ0n) is 17.1. The van der Waals surface area contributed by atoms with Crippen molar-refractivity contribution < 1.29 is 23.5 Å². The molecular weight excluding hydrogens is 410 g/mol. The lowest BCUT2D eigenvalue weighted by atomic mass is 10.2. The molecule has 0 atom stereocenters. The first-order valence-corrected chi connectivity index (χ1v) is 9.47. The van der Waals surface area contributed by atoms with E-state index in [1.54, 1.807) is 57.7 Å². The molecule has 0 fully saturated rings. The number of hydrogen-bond acceptors (Lipinski definition) is 7. The van der Waals surface area contributed by atoms with Crippen molar-refractivity contribution in [3.05, 3.63) is 52.9 Å². The molecule has 3 rings (SSSR count). The summed E-state index contributed by atoms with van der Waals surface area (Å²) < 4.78 is 21.4. The molecule has 0 unspecified atom stereocenters. The third kappa shape index (κ3) is 5.01. The number of carbonyl (C=O) groups excluding carboxylic acids is 1. The van der Waals surface area contributed by atoms with E-state index in [-0.39, 0.29) is 19.1 Å². The number of hydrogen-bond donors (Lipinski definition) is 0. The van der Waals surface area contributed by atoms with Crippen LogP contribution < -0.4 is 14.2 Å². The number of methoxy groups -OCH3 is 2. The quantitative estimate of drug-likeness (QED) is 0.536. The van der Waals surface area contributed by atoms with Crippen LogP contribution in [0.25, 0.3) is 11.4 Å². The van der Waals surface area contributed by atoms with Crippen LogP contribution in [0, 0.1) is 6.92 Å². The van der Waals surface area contributed by atoms with Gasteiger partial charge in [-0.3, -0.25) is 4.79 Å². The Morgan fingerprint density at radius 3 is 2.60 bits per heavy atom. The lowest BCUT2D eigenvalue weighted by Gasteiger charge is -2.15. The van der Waals surface area contributed by atoms with Crippen molar-refractivity contribution in [3.63, 3.8) is 0 Å². The number of aromatic nitrogens is 2. The van der Waals surface area contributed by atoms with Crippen molar-refractivity contribution >= 4 is 17.5 Å². The fourth-order valence-corrected chi connectivity index (χ4v) is 2.78. The van der Waals surface area contributed by atoms with Gasteiger partial charge in [-0.25, -0.2) is 0 Å². The van der Waals surface area contributed by atoms with E-state index in [4.69, 9.17) is 30.3 Å². The smallest absolute Gasteiger partial charge is 0.260 e. The van der Waals surface area contributed by atoms with Crippen molar-refractivity contribution in [2.75, 3.05) is 27.9 Å². The van der Waals surface area contributed by atoms with E-state index in [1.165, 1.54) is 4.90 Å². The number of ether oxygens (including phenoxy) is 3. The summed E-state index contributed by atoms with van der Waals surface area (Å²) >= 11 is 6.00. The van der Waals surface area contributed by atoms with Crippen LogP contribution in [0.2, 0.25) is 5.02 Å². The standard InChI is InChI=1S/C21H22ClN3O5/c1-13-9-15(6-8-17(13)22)29-12-20(26)25(2)11-19-23-21(24-30-19)16-7-5-14(27-3)10-18(16)28-4/h5-10H,11-12H2,1-4H3. The predicted molar refractivity (Wildman–Crippen MR) is 111 cm³/mol. The Morgan fingerprint density at radius 2 is 1.90 bits per heavy atom. The molecule has 0 saturated heterocycles. The number of halogens is 1. The minimum atomic E-state index is -0.232. The number of rotatable bonds is 8. The molecule has 30 heavy (non-hydrogen) atoms. The molecule has 0 aliphatic rings. The van der Waals surface area contributed by atoms with E-state index < -0.39 is 0 Å². The summed E-state index contributed by atoms with van der Waals surface area (Å²) in [4.78, 5) is 18.2. The third-order valence-corrected chi connectivity index (χ3v) is 4.83. The van der Waals surface area contributed by atoms with Gasteiger partial charge in [0, 0.05) is 18.1 Å². The maximum atomic E-state index is 12.4. The van der Waals surface area contributed by atoms with Crippen LogP contribution in [-0.2, 0) is 11.3 Å². The van der Waals surface area contributed by atoms with Crippen LogP contribution >= 0.6 is 11.6 Å².